The lowest BCUT2D eigenvalue weighted by Crippen LogP contribution is -2.20. The fraction of sp³-hybridized carbons (Fsp3) is 0.118. The normalized spacial score (nSPS) is 10.1. The summed E-state index contributed by atoms with van der Waals surface area (Å²) < 4.78 is 10.4. The van der Waals surface area contributed by atoms with Crippen molar-refractivity contribution in [2.45, 2.75) is 0 Å². The van der Waals surface area contributed by atoms with Crippen LogP contribution in [0.5, 0.6) is 11.5 Å². The van der Waals surface area contributed by atoms with E-state index in [1.54, 1.807) is 12.1 Å². The number of rotatable bonds is 7. The standard InChI is InChI=1S/C17H16ClN3O5/c1-25-13-7-10(6-12(18)15(13)26-8-14(19)22)17(24)21-11-4-2-9(3-5-11)16(20)23/h2-7H,8H2,1H3,(H2,19,22)(H2,20,23)(H,21,24). The van der Waals surface area contributed by atoms with Gasteiger partial charge in [-0.2, -0.15) is 0 Å². The van der Waals surface area contributed by atoms with Gasteiger partial charge in [0.1, 0.15) is 0 Å². The van der Waals surface area contributed by atoms with E-state index in [1.807, 2.05) is 0 Å². The van der Waals surface area contributed by atoms with Gasteiger partial charge in [-0.25, -0.2) is 0 Å². The minimum atomic E-state index is -0.677. The first kappa shape index (κ1) is 19.1. The smallest absolute Gasteiger partial charge is 0.255 e. The highest BCUT2D eigenvalue weighted by Gasteiger charge is 2.17. The van der Waals surface area contributed by atoms with Gasteiger partial charge < -0.3 is 26.3 Å². The second-order valence-corrected chi connectivity index (χ2v) is 5.55. The minimum absolute atomic E-state index is 0.0832. The zero-order chi connectivity index (χ0) is 19.3. The van der Waals surface area contributed by atoms with Gasteiger partial charge >= 0.3 is 0 Å². The molecule has 9 heteroatoms. The number of hydrogen-bond donors (Lipinski definition) is 3. The van der Waals surface area contributed by atoms with E-state index in [0.29, 0.717) is 11.3 Å². The van der Waals surface area contributed by atoms with Crippen molar-refractivity contribution < 1.29 is 23.9 Å². The largest absolute Gasteiger partial charge is 0.493 e. The molecule has 0 atom stereocenters. The number of nitrogens with two attached hydrogens (primary N) is 2. The summed E-state index contributed by atoms with van der Waals surface area (Å²) in [4.78, 5) is 34.3. The van der Waals surface area contributed by atoms with Gasteiger partial charge in [0.25, 0.3) is 11.8 Å². The minimum Gasteiger partial charge on any atom is -0.493 e. The van der Waals surface area contributed by atoms with Crippen LogP contribution in [0.1, 0.15) is 20.7 Å². The van der Waals surface area contributed by atoms with Gasteiger partial charge in [-0.3, -0.25) is 14.4 Å². The summed E-state index contributed by atoms with van der Waals surface area (Å²) in [5.41, 5.74) is 11.2. The van der Waals surface area contributed by atoms with Crippen LogP contribution in [0.4, 0.5) is 5.69 Å². The predicted octanol–water partition coefficient (Wildman–Crippen LogP) is 1.56. The summed E-state index contributed by atoms with van der Waals surface area (Å²) >= 11 is 6.11. The number of methoxy groups -OCH3 is 1. The van der Waals surface area contributed by atoms with E-state index >= 15 is 0 Å². The van der Waals surface area contributed by atoms with Crippen LogP contribution in [-0.4, -0.2) is 31.4 Å². The first-order chi connectivity index (χ1) is 12.3. The lowest BCUT2D eigenvalue weighted by molar-refractivity contribution is -0.119. The maximum Gasteiger partial charge on any atom is 0.255 e. The molecule has 0 saturated carbocycles. The van der Waals surface area contributed by atoms with Gasteiger partial charge in [0.2, 0.25) is 5.91 Å². The molecule has 2 rings (SSSR count). The number of anilines is 1. The number of primary amides is 2. The average Bonchev–Trinajstić information content (AvgIpc) is 2.60. The summed E-state index contributed by atoms with van der Waals surface area (Å²) in [5, 5.41) is 2.74. The third-order valence-electron chi connectivity index (χ3n) is 3.28. The van der Waals surface area contributed by atoms with E-state index in [9.17, 15) is 14.4 Å². The molecule has 0 unspecified atom stereocenters. The number of hydrogen-bond acceptors (Lipinski definition) is 5. The number of ether oxygens (including phenoxy) is 2. The van der Waals surface area contributed by atoms with Crippen LogP contribution in [-0.2, 0) is 4.79 Å². The fourth-order valence-corrected chi connectivity index (χ4v) is 2.32. The number of amides is 3. The van der Waals surface area contributed by atoms with Crippen LogP contribution in [0.15, 0.2) is 36.4 Å². The molecule has 0 heterocycles. The molecule has 0 radical (unpaired) electrons. The number of benzene rings is 2. The Labute approximate surface area is 154 Å². The number of carbonyl (C=O) groups excluding carboxylic acids is 3. The summed E-state index contributed by atoms with van der Waals surface area (Å²) in [6.45, 7) is -0.381. The monoisotopic (exact) mass is 377 g/mol. The van der Waals surface area contributed by atoms with E-state index in [0.717, 1.165) is 0 Å². The van der Waals surface area contributed by atoms with Crippen molar-refractivity contribution in [3.8, 4) is 11.5 Å². The number of carbonyl (C=O) groups is 3. The molecule has 0 aliphatic rings. The summed E-state index contributed by atoms with van der Waals surface area (Å²) in [6.07, 6.45) is 0. The topological polar surface area (TPSA) is 134 Å². The Bertz CT molecular complexity index is 852. The molecule has 3 amide bonds. The maximum absolute atomic E-state index is 12.4. The van der Waals surface area contributed by atoms with Gasteiger partial charge in [-0.05, 0) is 36.4 Å². The van der Waals surface area contributed by atoms with Crippen molar-refractivity contribution >= 4 is 35.0 Å². The maximum atomic E-state index is 12.4. The summed E-state index contributed by atoms with van der Waals surface area (Å²) in [6, 6.07) is 8.85. The summed E-state index contributed by atoms with van der Waals surface area (Å²) in [7, 11) is 1.37. The highest BCUT2D eigenvalue weighted by atomic mass is 35.5. The Morgan fingerprint density at radius 3 is 2.27 bits per heavy atom. The molecule has 0 aliphatic carbocycles. The second kappa shape index (κ2) is 8.21. The molecule has 0 spiro atoms. The Morgan fingerprint density at radius 1 is 1.08 bits per heavy atom. The molecule has 2 aromatic rings. The van der Waals surface area contributed by atoms with Gasteiger partial charge in [0.15, 0.2) is 18.1 Å². The molecule has 0 aliphatic heterocycles. The lowest BCUT2D eigenvalue weighted by Gasteiger charge is -2.13. The number of halogens is 1. The van der Waals surface area contributed by atoms with E-state index < -0.39 is 17.7 Å². The second-order valence-electron chi connectivity index (χ2n) is 5.14. The third-order valence-corrected chi connectivity index (χ3v) is 3.56. The van der Waals surface area contributed by atoms with Crippen molar-refractivity contribution in [3.05, 3.63) is 52.5 Å². The van der Waals surface area contributed by atoms with Gasteiger partial charge in [0.05, 0.1) is 12.1 Å². The van der Waals surface area contributed by atoms with Crippen molar-refractivity contribution in [1.82, 2.24) is 0 Å². The van der Waals surface area contributed by atoms with Crippen LogP contribution in [0.3, 0.4) is 0 Å². The molecule has 0 saturated heterocycles. The molecular formula is C17H16ClN3O5. The summed E-state index contributed by atoms with van der Waals surface area (Å²) in [5.74, 6) is -1.42. The SMILES string of the molecule is COc1cc(C(=O)Nc2ccc(C(N)=O)cc2)cc(Cl)c1OCC(N)=O. The molecule has 5 N–H and O–H groups in total. The highest BCUT2D eigenvalue weighted by molar-refractivity contribution is 6.32. The van der Waals surface area contributed by atoms with E-state index in [2.05, 4.69) is 5.32 Å². The van der Waals surface area contributed by atoms with Gasteiger partial charge in [0, 0.05) is 16.8 Å². The Kier molecular flexibility index (Phi) is 6.03. The molecular weight excluding hydrogens is 362 g/mol. The van der Waals surface area contributed by atoms with E-state index in [1.165, 1.54) is 31.4 Å². The van der Waals surface area contributed by atoms with Crippen molar-refractivity contribution in [2.75, 3.05) is 19.0 Å². The highest BCUT2D eigenvalue weighted by Crippen LogP contribution is 2.36. The Hall–Kier alpha value is -3.26. The van der Waals surface area contributed by atoms with E-state index in [-0.39, 0.29) is 28.7 Å². The molecule has 0 bridgehead atoms. The zero-order valence-electron chi connectivity index (χ0n) is 13.7. The van der Waals surface area contributed by atoms with Crippen molar-refractivity contribution in [2.24, 2.45) is 11.5 Å². The van der Waals surface area contributed by atoms with Crippen LogP contribution in [0.25, 0.3) is 0 Å². The van der Waals surface area contributed by atoms with Crippen LogP contribution in [0.2, 0.25) is 5.02 Å². The number of nitrogens with one attached hydrogen (secondary N) is 1. The molecule has 0 fully saturated rings. The fourth-order valence-electron chi connectivity index (χ4n) is 2.06. The Morgan fingerprint density at radius 2 is 1.73 bits per heavy atom. The van der Waals surface area contributed by atoms with Crippen LogP contribution >= 0.6 is 11.6 Å². The molecule has 2 aromatic carbocycles. The molecule has 26 heavy (non-hydrogen) atoms. The van der Waals surface area contributed by atoms with E-state index in [4.69, 9.17) is 32.5 Å². The first-order valence-electron chi connectivity index (χ1n) is 7.31. The Balaban J connectivity index is 2.21. The van der Waals surface area contributed by atoms with Crippen LogP contribution in [0, 0.1) is 0 Å². The molecule has 136 valence electrons. The zero-order valence-corrected chi connectivity index (χ0v) is 14.5. The lowest BCUT2D eigenvalue weighted by atomic mass is 10.1. The van der Waals surface area contributed by atoms with Crippen molar-refractivity contribution in [3.63, 3.8) is 0 Å². The van der Waals surface area contributed by atoms with Gasteiger partial charge in [-0.15, -0.1) is 0 Å². The van der Waals surface area contributed by atoms with Gasteiger partial charge in [-0.1, -0.05) is 11.6 Å². The third kappa shape index (κ3) is 4.64. The molecule has 8 nitrogen and oxygen atoms in total. The molecule has 0 aromatic heterocycles. The predicted molar refractivity (Wildman–Crippen MR) is 95.6 cm³/mol. The van der Waals surface area contributed by atoms with Crippen molar-refractivity contribution in [1.29, 1.82) is 0 Å². The van der Waals surface area contributed by atoms with Crippen LogP contribution < -0.4 is 26.3 Å². The average molecular weight is 378 g/mol. The quantitative estimate of drug-likeness (QED) is 0.673. The first-order valence-corrected chi connectivity index (χ1v) is 7.69.